The quantitative estimate of drug-likeness (QED) is 0.727. The van der Waals surface area contributed by atoms with Crippen molar-refractivity contribution in [1.29, 1.82) is 0 Å². The summed E-state index contributed by atoms with van der Waals surface area (Å²) in [6, 6.07) is 0. The summed E-state index contributed by atoms with van der Waals surface area (Å²) < 4.78 is 5.26. The number of carbonyl (C=O) groups excluding carboxylic acids is 2. The molecule has 2 aliphatic carbocycles. The van der Waals surface area contributed by atoms with Gasteiger partial charge in [0.2, 0.25) is 5.91 Å². The third-order valence-electron chi connectivity index (χ3n) is 5.50. The highest BCUT2D eigenvalue weighted by molar-refractivity contribution is 7.17. The van der Waals surface area contributed by atoms with E-state index in [2.05, 4.69) is 12.2 Å². The lowest BCUT2D eigenvalue weighted by atomic mass is 9.88. The Labute approximate surface area is 154 Å². The van der Waals surface area contributed by atoms with Crippen LogP contribution in [0.4, 0.5) is 5.00 Å². The van der Waals surface area contributed by atoms with Crippen LogP contribution in [0.2, 0.25) is 0 Å². The summed E-state index contributed by atoms with van der Waals surface area (Å²) in [4.78, 5) is 26.1. The molecule has 0 spiro atoms. The first-order valence-electron chi connectivity index (χ1n) is 9.70. The first kappa shape index (κ1) is 18.4. The topological polar surface area (TPSA) is 55.4 Å². The van der Waals surface area contributed by atoms with Crippen LogP contribution in [0.15, 0.2) is 0 Å². The van der Waals surface area contributed by atoms with Crippen molar-refractivity contribution < 1.29 is 14.3 Å². The molecule has 5 heteroatoms. The van der Waals surface area contributed by atoms with Crippen LogP contribution < -0.4 is 5.32 Å². The molecule has 0 saturated heterocycles. The molecule has 4 nitrogen and oxygen atoms in total. The van der Waals surface area contributed by atoms with Gasteiger partial charge >= 0.3 is 5.97 Å². The lowest BCUT2D eigenvalue weighted by molar-refractivity contribution is -0.116. The second-order valence-electron chi connectivity index (χ2n) is 7.51. The fourth-order valence-corrected chi connectivity index (χ4v) is 5.50. The number of amides is 1. The number of carbonyl (C=O) groups is 2. The molecule has 1 N–H and O–H groups in total. The van der Waals surface area contributed by atoms with E-state index in [1.54, 1.807) is 11.3 Å². The van der Waals surface area contributed by atoms with E-state index in [0.717, 1.165) is 31.2 Å². The molecule has 0 unspecified atom stereocenters. The smallest absolute Gasteiger partial charge is 0.341 e. The van der Waals surface area contributed by atoms with Crippen LogP contribution in [0.25, 0.3) is 0 Å². The van der Waals surface area contributed by atoms with Crippen molar-refractivity contribution in [1.82, 2.24) is 0 Å². The SMILES string of the molecule is CCOC(=O)c1c(NC(=O)CCC2CCCC2)sc2c1CC[C@@H](C)C2. The third kappa shape index (κ3) is 4.43. The third-order valence-corrected chi connectivity index (χ3v) is 6.67. The van der Waals surface area contributed by atoms with Gasteiger partial charge in [-0.3, -0.25) is 4.79 Å². The van der Waals surface area contributed by atoms with Crippen molar-refractivity contribution in [2.45, 2.75) is 71.6 Å². The van der Waals surface area contributed by atoms with Crippen LogP contribution in [0.3, 0.4) is 0 Å². The zero-order valence-electron chi connectivity index (χ0n) is 15.4. The number of hydrogen-bond donors (Lipinski definition) is 1. The number of hydrogen-bond acceptors (Lipinski definition) is 4. The maximum Gasteiger partial charge on any atom is 0.341 e. The molecule has 0 radical (unpaired) electrons. The first-order valence-corrected chi connectivity index (χ1v) is 10.5. The Bertz CT molecular complexity index is 631. The number of anilines is 1. The van der Waals surface area contributed by atoms with E-state index in [1.807, 2.05) is 6.92 Å². The van der Waals surface area contributed by atoms with Gasteiger partial charge in [-0.05, 0) is 50.0 Å². The van der Waals surface area contributed by atoms with E-state index >= 15 is 0 Å². The summed E-state index contributed by atoms with van der Waals surface area (Å²) >= 11 is 1.57. The van der Waals surface area contributed by atoms with Crippen molar-refractivity contribution in [3.8, 4) is 0 Å². The number of nitrogens with one attached hydrogen (secondary N) is 1. The standard InChI is InChI=1S/C20H29NO3S/c1-3-24-20(23)18-15-10-8-13(2)12-16(15)25-19(18)21-17(22)11-9-14-6-4-5-7-14/h13-14H,3-12H2,1-2H3,(H,21,22)/t13-/m1/s1. The minimum Gasteiger partial charge on any atom is -0.462 e. The van der Waals surface area contributed by atoms with E-state index in [1.165, 1.54) is 30.6 Å². The fourth-order valence-electron chi connectivity index (χ4n) is 4.08. The summed E-state index contributed by atoms with van der Waals surface area (Å²) in [6.07, 6.45) is 9.60. The monoisotopic (exact) mass is 363 g/mol. The molecule has 1 saturated carbocycles. The Balaban J connectivity index is 1.72. The zero-order valence-corrected chi connectivity index (χ0v) is 16.2. The maximum absolute atomic E-state index is 12.5. The molecule has 1 heterocycles. The number of ether oxygens (including phenoxy) is 1. The normalized spacial score (nSPS) is 20.3. The van der Waals surface area contributed by atoms with Gasteiger partial charge in [-0.25, -0.2) is 4.79 Å². The highest BCUT2D eigenvalue weighted by Gasteiger charge is 2.29. The van der Waals surface area contributed by atoms with Crippen molar-refractivity contribution in [2.75, 3.05) is 11.9 Å². The molecule has 0 aromatic carbocycles. The summed E-state index contributed by atoms with van der Waals surface area (Å²) in [7, 11) is 0. The summed E-state index contributed by atoms with van der Waals surface area (Å²) in [5, 5.41) is 3.73. The molecule has 138 valence electrons. The van der Waals surface area contributed by atoms with Crippen LogP contribution in [0, 0.1) is 11.8 Å². The molecular weight excluding hydrogens is 334 g/mol. The van der Waals surface area contributed by atoms with Crippen LogP contribution in [-0.2, 0) is 22.4 Å². The largest absolute Gasteiger partial charge is 0.462 e. The van der Waals surface area contributed by atoms with Gasteiger partial charge in [0, 0.05) is 11.3 Å². The molecule has 2 aliphatic rings. The van der Waals surface area contributed by atoms with Gasteiger partial charge in [0.05, 0.1) is 12.2 Å². The average Bonchev–Trinajstić information content (AvgIpc) is 3.19. The maximum atomic E-state index is 12.5. The van der Waals surface area contributed by atoms with Gasteiger partial charge in [0.1, 0.15) is 5.00 Å². The number of thiophene rings is 1. The predicted molar refractivity (Wildman–Crippen MR) is 101 cm³/mol. The average molecular weight is 364 g/mol. The Morgan fingerprint density at radius 3 is 2.72 bits per heavy atom. The summed E-state index contributed by atoms with van der Waals surface area (Å²) in [5.74, 6) is 1.07. The Morgan fingerprint density at radius 2 is 2.00 bits per heavy atom. The number of esters is 1. The van der Waals surface area contributed by atoms with Gasteiger partial charge < -0.3 is 10.1 Å². The Kier molecular flexibility index (Phi) is 6.15. The summed E-state index contributed by atoms with van der Waals surface area (Å²) in [6.45, 7) is 4.42. The van der Waals surface area contributed by atoms with Gasteiger partial charge in [-0.15, -0.1) is 11.3 Å². The minimum atomic E-state index is -0.291. The fraction of sp³-hybridized carbons (Fsp3) is 0.700. The molecule has 0 aliphatic heterocycles. The molecule has 1 atom stereocenters. The molecule has 0 bridgehead atoms. The van der Waals surface area contributed by atoms with E-state index in [4.69, 9.17) is 4.74 Å². The van der Waals surface area contributed by atoms with Crippen LogP contribution in [-0.4, -0.2) is 18.5 Å². The van der Waals surface area contributed by atoms with E-state index < -0.39 is 0 Å². The zero-order chi connectivity index (χ0) is 17.8. The van der Waals surface area contributed by atoms with Crippen LogP contribution in [0.1, 0.15) is 79.6 Å². The molecule has 3 rings (SSSR count). The minimum absolute atomic E-state index is 0.0316. The molecule has 1 aromatic heterocycles. The molecule has 1 aromatic rings. The van der Waals surface area contributed by atoms with Gasteiger partial charge in [-0.1, -0.05) is 32.6 Å². The lowest BCUT2D eigenvalue weighted by Crippen LogP contribution is -2.17. The summed E-state index contributed by atoms with van der Waals surface area (Å²) in [5.41, 5.74) is 1.72. The lowest BCUT2D eigenvalue weighted by Gasteiger charge is -2.18. The highest BCUT2D eigenvalue weighted by atomic mass is 32.1. The van der Waals surface area contributed by atoms with E-state index in [9.17, 15) is 9.59 Å². The van der Waals surface area contributed by atoms with E-state index in [0.29, 0.717) is 35.4 Å². The van der Waals surface area contributed by atoms with Crippen molar-refractivity contribution in [3.05, 3.63) is 16.0 Å². The van der Waals surface area contributed by atoms with Crippen LogP contribution >= 0.6 is 11.3 Å². The van der Waals surface area contributed by atoms with Crippen LogP contribution in [0.5, 0.6) is 0 Å². The number of rotatable bonds is 6. The molecule has 1 amide bonds. The Hall–Kier alpha value is -1.36. The highest BCUT2D eigenvalue weighted by Crippen LogP contribution is 2.40. The molecular formula is C20H29NO3S. The van der Waals surface area contributed by atoms with Crippen molar-refractivity contribution in [3.63, 3.8) is 0 Å². The van der Waals surface area contributed by atoms with Gasteiger partial charge in [0.15, 0.2) is 0 Å². The van der Waals surface area contributed by atoms with Gasteiger partial charge in [-0.2, -0.15) is 0 Å². The van der Waals surface area contributed by atoms with E-state index in [-0.39, 0.29) is 11.9 Å². The van der Waals surface area contributed by atoms with Crippen molar-refractivity contribution >= 4 is 28.2 Å². The predicted octanol–water partition coefficient (Wildman–Crippen LogP) is 4.96. The first-order chi connectivity index (χ1) is 12.1. The second kappa shape index (κ2) is 8.35. The molecule has 1 fully saturated rings. The Morgan fingerprint density at radius 1 is 1.24 bits per heavy atom. The van der Waals surface area contributed by atoms with Crippen molar-refractivity contribution in [2.24, 2.45) is 11.8 Å². The van der Waals surface area contributed by atoms with Gasteiger partial charge in [0.25, 0.3) is 0 Å². The second-order valence-corrected chi connectivity index (χ2v) is 8.62. The number of fused-ring (bicyclic) bond motifs is 1. The molecule has 25 heavy (non-hydrogen) atoms.